The maximum Gasteiger partial charge on any atom is 0.134 e. The highest BCUT2D eigenvalue weighted by Crippen LogP contribution is 2.37. The zero-order valence-electron chi connectivity index (χ0n) is 9.35. The molecule has 0 heterocycles. The van der Waals surface area contributed by atoms with Crippen molar-refractivity contribution in [2.75, 3.05) is 0 Å². The van der Waals surface area contributed by atoms with E-state index in [4.69, 9.17) is 0 Å². The van der Waals surface area contributed by atoms with Crippen LogP contribution in [0.3, 0.4) is 0 Å². The summed E-state index contributed by atoms with van der Waals surface area (Å²) in [7, 11) is 0. The summed E-state index contributed by atoms with van der Waals surface area (Å²) in [6.07, 6.45) is 4.77. The molecule has 0 saturated heterocycles. The summed E-state index contributed by atoms with van der Waals surface area (Å²) < 4.78 is 0.793. The Balaban J connectivity index is 2.48. The van der Waals surface area contributed by atoms with Gasteiger partial charge in [-0.25, -0.2) is 0 Å². The van der Waals surface area contributed by atoms with E-state index in [1.165, 1.54) is 24.0 Å². The Kier molecular flexibility index (Phi) is 3.33. The highest BCUT2D eigenvalue weighted by Gasteiger charge is 2.18. The van der Waals surface area contributed by atoms with Crippen LogP contribution in [0.15, 0.2) is 10.5 Å². The fourth-order valence-electron chi connectivity index (χ4n) is 2.30. The van der Waals surface area contributed by atoms with E-state index in [9.17, 15) is 9.90 Å². The molecule has 0 amide bonds. The lowest BCUT2D eigenvalue weighted by molar-refractivity contribution is -0.116. The van der Waals surface area contributed by atoms with Gasteiger partial charge < -0.3 is 5.11 Å². The van der Waals surface area contributed by atoms with Crippen molar-refractivity contribution in [2.45, 2.75) is 39.0 Å². The van der Waals surface area contributed by atoms with Gasteiger partial charge in [-0.05, 0) is 59.7 Å². The molecule has 1 aliphatic carbocycles. The molecule has 0 spiro atoms. The molecule has 2 rings (SSSR count). The molecule has 86 valence electrons. The quantitative estimate of drug-likeness (QED) is 0.905. The van der Waals surface area contributed by atoms with Gasteiger partial charge in [-0.15, -0.1) is 0 Å². The number of aromatic hydroxyl groups is 1. The van der Waals surface area contributed by atoms with Gasteiger partial charge in [0.25, 0.3) is 0 Å². The molecule has 2 nitrogen and oxygen atoms in total. The van der Waals surface area contributed by atoms with Crippen molar-refractivity contribution < 1.29 is 9.90 Å². The summed E-state index contributed by atoms with van der Waals surface area (Å²) in [5.74, 6) is 0.328. The van der Waals surface area contributed by atoms with Gasteiger partial charge in [0.15, 0.2) is 0 Å². The van der Waals surface area contributed by atoms with Crippen molar-refractivity contribution in [1.82, 2.24) is 0 Å². The fraction of sp³-hybridized carbons (Fsp3) is 0.462. The Morgan fingerprint density at radius 1 is 1.44 bits per heavy atom. The van der Waals surface area contributed by atoms with Gasteiger partial charge in [-0.3, -0.25) is 4.79 Å². The zero-order valence-corrected chi connectivity index (χ0v) is 10.9. The Morgan fingerprint density at radius 2 is 2.12 bits per heavy atom. The van der Waals surface area contributed by atoms with Crippen molar-refractivity contribution in [3.05, 3.63) is 27.2 Å². The van der Waals surface area contributed by atoms with Crippen LogP contribution in [-0.4, -0.2) is 10.9 Å². The van der Waals surface area contributed by atoms with E-state index < -0.39 is 0 Å². The number of aryl methyl sites for hydroxylation is 1. The Bertz CT molecular complexity index is 438. The van der Waals surface area contributed by atoms with Gasteiger partial charge >= 0.3 is 0 Å². The van der Waals surface area contributed by atoms with E-state index in [-0.39, 0.29) is 11.5 Å². The lowest BCUT2D eigenvalue weighted by Crippen LogP contribution is -2.06. The second-order valence-electron chi connectivity index (χ2n) is 4.42. The van der Waals surface area contributed by atoms with Gasteiger partial charge in [-0.2, -0.15) is 0 Å². The summed E-state index contributed by atoms with van der Waals surface area (Å²) >= 11 is 3.45. The third-order valence-electron chi connectivity index (χ3n) is 3.08. The van der Waals surface area contributed by atoms with Crippen LogP contribution in [0.5, 0.6) is 5.75 Å². The minimum Gasteiger partial charge on any atom is -0.506 e. The van der Waals surface area contributed by atoms with Gasteiger partial charge in [-0.1, -0.05) is 6.07 Å². The molecule has 1 aromatic rings. The van der Waals surface area contributed by atoms with Crippen LogP contribution < -0.4 is 0 Å². The Hall–Kier alpha value is -0.830. The third-order valence-corrected chi connectivity index (χ3v) is 3.93. The van der Waals surface area contributed by atoms with Crippen LogP contribution in [0.25, 0.3) is 0 Å². The van der Waals surface area contributed by atoms with E-state index in [0.717, 1.165) is 22.9 Å². The summed E-state index contributed by atoms with van der Waals surface area (Å²) in [6.45, 7) is 1.55. The highest BCUT2D eigenvalue weighted by molar-refractivity contribution is 9.10. The van der Waals surface area contributed by atoms with Crippen LogP contribution in [-0.2, 0) is 24.1 Å². The van der Waals surface area contributed by atoms with Crippen molar-refractivity contribution in [3.8, 4) is 5.75 Å². The van der Waals surface area contributed by atoms with Gasteiger partial charge in [0.2, 0.25) is 0 Å². The first-order valence-electron chi connectivity index (χ1n) is 5.61. The standard InChI is InChI=1S/C13H15BrO2/c1-8(15)6-10-7-9-4-2-3-5-11(9)12(14)13(10)16/h7,16H,2-6H2,1H3. The van der Waals surface area contributed by atoms with E-state index >= 15 is 0 Å². The molecular formula is C13H15BrO2. The molecule has 0 bridgehead atoms. The smallest absolute Gasteiger partial charge is 0.134 e. The lowest BCUT2D eigenvalue weighted by Gasteiger charge is -2.20. The van der Waals surface area contributed by atoms with E-state index in [1.807, 2.05) is 6.07 Å². The molecule has 3 heteroatoms. The van der Waals surface area contributed by atoms with Crippen molar-refractivity contribution >= 4 is 21.7 Å². The molecule has 1 aliphatic rings. The average molecular weight is 283 g/mol. The zero-order chi connectivity index (χ0) is 11.7. The summed E-state index contributed by atoms with van der Waals surface area (Å²) in [6, 6.07) is 2.00. The predicted molar refractivity (Wildman–Crippen MR) is 66.8 cm³/mol. The first-order chi connectivity index (χ1) is 7.59. The third kappa shape index (κ3) is 2.14. The highest BCUT2D eigenvalue weighted by atomic mass is 79.9. The van der Waals surface area contributed by atoms with E-state index in [1.54, 1.807) is 6.92 Å². The van der Waals surface area contributed by atoms with Crippen LogP contribution in [0.4, 0.5) is 0 Å². The number of benzene rings is 1. The molecular weight excluding hydrogens is 268 g/mol. The number of Topliss-reactive ketones (excluding diaryl/α,β-unsaturated/α-hetero) is 1. The molecule has 1 N–H and O–H groups in total. The normalized spacial score (nSPS) is 14.6. The number of halogens is 1. The lowest BCUT2D eigenvalue weighted by atomic mass is 9.89. The van der Waals surface area contributed by atoms with Crippen LogP contribution in [0.1, 0.15) is 36.5 Å². The molecule has 0 aliphatic heterocycles. The first kappa shape index (κ1) is 11.6. The van der Waals surface area contributed by atoms with Crippen LogP contribution >= 0.6 is 15.9 Å². The second-order valence-corrected chi connectivity index (χ2v) is 5.21. The molecule has 0 fully saturated rings. The summed E-state index contributed by atoms with van der Waals surface area (Å²) in [5.41, 5.74) is 3.25. The van der Waals surface area contributed by atoms with E-state index in [0.29, 0.717) is 6.42 Å². The first-order valence-corrected chi connectivity index (χ1v) is 6.40. The van der Waals surface area contributed by atoms with Crippen LogP contribution in [0.2, 0.25) is 0 Å². The molecule has 16 heavy (non-hydrogen) atoms. The number of rotatable bonds is 2. The maximum atomic E-state index is 11.1. The average Bonchev–Trinajstić information content (AvgIpc) is 2.25. The minimum atomic E-state index is 0.0814. The second kappa shape index (κ2) is 4.58. The van der Waals surface area contributed by atoms with Gasteiger partial charge in [0.1, 0.15) is 11.5 Å². The number of carbonyl (C=O) groups excluding carboxylic acids is 1. The molecule has 0 unspecified atom stereocenters. The monoisotopic (exact) mass is 282 g/mol. The van der Waals surface area contributed by atoms with E-state index in [2.05, 4.69) is 15.9 Å². The van der Waals surface area contributed by atoms with Crippen LogP contribution in [0, 0.1) is 0 Å². The molecule has 0 aromatic heterocycles. The van der Waals surface area contributed by atoms with Gasteiger partial charge in [0.05, 0.1) is 4.47 Å². The molecule has 0 atom stereocenters. The number of hydrogen-bond acceptors (Lipinski definition) is 2. The largest absolute Gasteiger partial charge is 0.506 e. The molecule has 0 saturated carbocycles. The summed E-state index contributed by atoms with van der Waals surface area (Å²) in [5, 5.41) is 10.0. The number of carbonyl (C=O) groups is 1. The number of hydrogen-bond donors (Lipinski definition) is 1. The Labute approximate surface area is 104 Å². The maximum absolute atomic E-state index is 11.1. The Morgan fingerprint density at radius 3 is 2.81 bits per heavy atom. The number of phenolic OH excluding ortho intramolecular Hbond substituents is 1. The topological polar surface area (TPSA) is 37.3 Å². The SMILES string of the molecule is CC(=O)Cc1cc2c(c(Br)c1O)CCCC2. The minimum absolute atomic E-state index is 0.0814. The molecule has 1 aromatic carbocycles. The van der Waals surface area contributed by atoms with Crippen molar-refractivity contribution in [2.24, 2.45) is 0 Å². The van der Waals surface area contributed by atoms with Crippen molar-refractivity contribution in [3.63, 3.8) is 0 Å². The molecule has 0 radical (unpaired) electrons. The predicted octanol–water partition coefficient (Wildman–Crippen LogP) is 3.17. The number of phenols is 1. The van der Waals surface area contributed by atoms with Gasteiger partial charge in [0, 0.05) is 12.0 Å². The number of ketones is 1. The summed E-state index contributed by atoms with van der Waals surface area (Å²) in [4.78, 5) is 11.1. The fourth-order valence-corrected chi connectivity index (χ4v) is 3.01. The number of fused-ring (bicyclic) bond motifs is 1. The van der Waals surface area contributed by atoms with Crippen molar-refractivity contribution in [1.29, 1.82) is 0 Å².